The molecule has 0 unspecified atom stereocenters. The number of ether oxygens (including phenoxy) is 1. The van der Waals surface area contributed by atoms with Crippen molar-refractivity contribution in [2.45, 2.75) is 32.9 Å². The number of thiazole rings is 1. The zero-order valence-corrected chi connectivity index (χ0v) is 19.1. The molecule has 0 radical (unpaired) electrons. The first kappa shape index (κ1) is 22.4. The van der Waals surface area contributed by atoms with Crippen LogP contribution in [-0.2, 0) is 24.4 Å². The third kappa shape index (κ3) is 6.37. The maximum atomic E-state index is 13.1. The molecular weight excluding hydrogens is 425 g/mol. The van der Waals surface area contributed by atoms with Crippen LogP contribution < -0.4 is 4.74 Å². The molecule has 1 aliphatic heterocycles. The molecule has 168 valence electrons. The normalized spacial score (nSPS) is 14.9. The van der Waals surface area contributed by atoms with Crippen molar-refractivity contribution in [3.8, 4) is 5.75 Å². The molecule has 1 aromatic heterocycles. The van der Waals surface area contributed by atoms with Crippen LogP contribution in [0.1, 0.15) is 28.2 Å². The number of halogens is 1. The molecule has 2 heterocycles. The van der Waals surface area contributed by atoms with Gasteiger partial charge in [-0.3, -0.25) is 9.69 Å². The zero-order chi connectivity index (χ0) is 22.3. The van der Waals surface area contributed by atoms with Gasteiger partial charge in [-0.15, -0.1) is 11.3 Å². The molecular formula is C25H28FN3O2S. The first-order valence-corrected chi connectivity index (χ1v) is 11.8. The molecule has 1 fully saturated rings. The van der Waals surface area contributed by atoms with E-state index in [0.29, 0.717) is 19.6 Å². The van der Waals surface area contributed by atoms with Gasteiger partial charge < -0.3 is 9.64 Å². The maximum absolute atomic E-state index is 13.1. The van der Waals surface area contributed by atoms with Crippen molar-refractivity contribution in [2.75, 3.05) is 26.2 Å². The molecule has 3 aromatic rings. The van der Waals surface area contributed by atoms with E-state index in [2.05, 4.69) is 9.88 Å². The molecule has 0 spiro atoms. The largest absolute Gasteiger partial charge is 0.486 e. The van der Waals surface area contributed by atoms with E-state index in [1.807, 2.05) is 53.6 Å². The third-order valence-corrected chi connectivity index (χ3v) is 6.45. The van der Waals surface area contributed by atoms with Crippen molar-refractivity contribution in [1.29, 1.82) is 0 Å². The topological polar surface area (TPSA) is 45.7 Å². The van der Waals surface area contributed by atoms with Crippen LogP contribution >= 0.6 is 11.3 Å². The second kappa shape index (κ2) is 10.7. The molecule has 0 bridgehead atoms. The molecule has 1 aliphatic rings. The van der Waals surface area contributed by atoms with Gasteiger partial charge in [-0.1, -0.05) is 29.8 Å². The number of hydrogen-bond donors (Lipinski definition) is 0. The van der Waals surface area contributed by atoms with Crippen LogP contribution in [0.2, 0.25) is 0 Å². The summed E-state index contributed by atoms with van der Waals surface area (Å²) >= 11 is 1.53. The summed E-state index contributed by atoms with van der Waals surface area (Å²) in [5, 5.41) is 2.82. The highest BCUT2D eigenvalue weighted by Crippen LogP contribution is 2.17. The number of aromatic nitrogens is 1. The number of carbonyl (C=O) groups is 1. The number of carbonyl (C=O) groups excluding carboxylic acids is 1. The van der Waals surface area contributed by atoms with Crippen molar-refractivity contribution in [3.05, 3.63) is 81.6 Å². The SMILES string of the molecule is Cc1ccc(OCc2nc(CC(=O)N3CCCN(Cc4ccc(F)cc4)CC3)cs2)cc1. The van der Waals surface area contributed by atoms with Crippen molar-refractivity contribution in [3.63, 3.8) is 0 Å². The molecule has 0 atom stereocenters. The van der Waals surface area contributed by atoms with Crippen molar-refractivity contribution in [1.82, 2.24) is 14.8 Å². The number of nitrogens with zero attached hydrogens (tertiary/aromatic N) is 3. The molecule has 5 nitrogen and oxygen atoms in total. The fourth-order valence-corrected chi connectivity index (χ4v) is 4.47. The lowest BCUT2D eigenvalue weighted by Crippen LogP contribution is -2.36. The summed E-state index contributed by atoms with van der Waals surface area (Å²) in [5.74, 6) is 0.719. The lowest BCUT2D eigenvalue weighted by molar-refractivity contribution is -0.130. The van der Waals surface area contributed by atoms with Crippen LogP contribution in [0.3, 0.4) is 0 Å². The Morgan fingerprint density at radius 3 is 2.62 bits per heavy atom. The Labute approximate surface area is 192 Å². The Bertz CT molecular complexity index is 1020. The van der Waals surface area contributed by atoms with Crippen LogP contribution in [-0.4, -0.2) is 46.9 Å². The van der Waals surface area contributed by atoms with Gasteiger partial charge in [-0.25, -0.2) is 9.37 Å². The molecule has 7 heteroatoms. The Morgan fingerprint density at radius 1 is 1.06 bits per heavy atom. The molecule has 4 rings (SSSR count). The van der Waals surface area contributed by atoms with Gasteiger partial charge in [0.15, 0.2) is 0 Å². The van der Waals surface area contributed by atoms with Crippen LogP contribution in [0.4, 0.5) is 4.39 Å². The van der Waals surface area contributed by atoms with Gasteiger partial charge in [0.1, 0.15) is 23.2 Å². The predicted molar refractivity (Wildman–Crippen MR) is 124 cm³/mol. The third-order valence-electron chi connectivity index (χ3n) is 5.58. The minimum Gasteiger partial charge on any atom is -0.486 e. The number of benzene rings is 2. The van der Waals surface area contributed by atoms with Gasteiger partial charge in [0.2, 0.25) is 5.91 Å². The van der Waals surface area contributed by atoms with E-state index in [1.54, 1.807) is 0 Å². The Balaban J connectivity index is 1.25. The van der Waals surface area contributed by atoms with Crippen LogP contribution in [0, 0.1) is 12.7 Å². The molecule has 0 aliphatic carbocycles. The lowest BCUT2D eigenvalue weighted by atomic mass is 10.2. The minimum absolute atomic E-state index is 0.116. The summed E-state index contributed by atoms with van der Waals surface area (Å²) in [4.78, 5) is 21.7. The smallest absolute Gasteiger partial charge is 0.228 e. The molecule has 1 amide bonds. The number of rotatable bonds is 7. The Hall–Kier alpha value is -2.77. The predicted octanol–water partition coefficient (Wildman–Crippen LogP) is 4.45. The van der Waals surface area contributed by atoms with E-state index >= 15 is 0 Å². The quantitative estimate of drug-likeness (QED) is 0.530. The highest BCUT2D eigenvalue weighted by Gasteiger charge is 2.20. The zero-order valence-electron chi connectivity index (χ0n) is 18.3. The van der Waals surface area contributed by atoms with Gasteiger partial charge >= 0.3 is 0 Å². The summed E-state index contributed by atoms with van der Waals surface area (Å²) in [5.41, 5.74) is 3.09. The van der Waals surface area contributed by atoms with Crippen LogP contribution in [0.5, 0.6) is 5.75 Å². The van der Waals surface area contributed by atoms with E-state index in [0.717, 1.165) is 54.6 Å². The van der Waals surface area contributed by atoms with Crippen molar-refractivity contribution >= 4 is 17.2 Å². The number of aryl methyl sites for hydroxylation is 1. The van der Waals surface area contributed by atoms with Crippen LogP contribution in [0.25, 0.3) is 0 Å². The first-order valence-electron chi connectivity index (χ1n) is 10.9. The Kier molecular flexibility index (Phi) is 7.50. The summed E-state index contributed by atoms with van der Waals surface area (Å²) in [7, 11) is 0. The average molecular weight is 454 g/mol. The lowest BCUT2D eigenvalue weighted by Gasteiger charge is -2.22. The van der Waals surface area contributed by atoms with Gasteiger partial charge in [-0.05, 0) is 43.2 Å². The maximum Gasteiger partial charge on any atom is 0.228 e. The molecule has 32 heavy (non-hydrogen) atoms. The number of hydrogen-bond acceptors (Lipinski definition) is 5. The standard InChI is InChI=1S/C25H28FN3O2S/c1-19-3-9-23(10-4-19)31-17-24-27-22(18-32-24)15-25(30)29-12-2-11-28(13-14-29)16-20-5-7-21(26)8-6-20/h3-10,18H,2,11-17H2,1H3. The Morgan fingerprint density at radius 2 is 1.84 bits per heavy atom. The van der Waals surface area contributed by atoms with Crippen LogP contribution in [0.15, 0.2) is 53.9 Å². The fourth-order valence-electron chi connectivity index (χ4n) is 3.77. The van der Waals surface area contributed by atoms with E-state index in [1.165, 1.54) is 29.0 Å². The van der Waals surface area contributed by atoms with Gasteiger partial charge in [0.25, 0.3) is 0 Å². The highest BCUT2D eigenvalue weighted by molar-refractivity contribution is 7.09. The molecule has 2 aromatic carbocycles. The van der Waals surface area contributed by atoms with E-state index < -0.39 is 0 Å². The fraction of sp³-hybridized carbons (Fsp3) is 0.360. The summed E-state index contributed by atoms with van der Waals surface area (Å²) < 4.78 is 18.9. The molecule has 1 saturated heterocycles. The highest BCUT2D eigenvalue weighted by atomic mass is 32.1. The van der Waals surface area contributed by atoms with Gasteiger partial charge in [0, 0.05) is 38.1 Å². The van der Waals surface area contributed by atoms with Gasteiger partial charge in [0.05, 0.1) is 12.1 Å². The van der Waals surface area contributed by atoms with Crippen molar-refractivity contribution in [2.24, 2.45) is 0 Å². The monoisotopic (exact) mass is 453 g/mol. The minimum atomic E-state index is -0.215. The van der Waals surface area contributed by atoms with E-state index in [4.69, 9.17) is 4.74 Å². The average Bonchev–Trinajstić information content (AvgIpc) is 3.10. The van der Waals surface area contributed by atoms with Crippen molar-refractivity contribution < 1.29 is 13.9 Å². The molecule has 0 saturated carbocycles. The van der Waals surface area contributed by atoms with Gasteiger partial charge in [-0.2, -0.15) is 0 Å². The summed E-state index contributed by atoms with van der Waals surface area (Å²) in [6.07, 6.45) is 1.25. The second-order valence-corrected chi connectivity index (χ2v) is 9.09. The van der Waals surface area contributed by atoms with E-state index in [9.17, 15) is 9.18 Å². The van der Waals surface area contributed by atoms with E-state index in [-0.39, 0.29) is 11.7 Å². The number of amides is 1. The molecule has 0 N–H and O–H groups in total. The summed E-state index contributed by atoms with van der Waals surface area (Å²) in [6.45, 7) is 6.43. The summed E-state index contributed by atoms with van der Waals surface area (Å²) in [6, 6.07) is 14.6. The second-order valence-electron chi connectivity index (χ2n) is 8.15. The first-order chi connectivity index (χ1) is 15.5.